The number of para-hydroxylation sites is 1. The van der Waals surface area contributed by atoms with Gasteiger partial charge in [0, 0.05) is 36.5 Å². The van der Waals surface area contributed by atoms with Crippen LogP contribution in [0.3, 0.4) is 0 Å². The first-order chi connectivity index (χ1) is 13.1. The van der Waals surface area contributed by atoms with Crippen LogP contribution in [0, 0.1) is 5.92 Å². The number of carbonyl (C=O) groups excluding carboxylic acids is 2. The molecule has 0 unspecified atom stereocenters. The molecule has 4 aliphatic rings. The number of nitrogens with zero attached hydrogens (tertiary/aromatic N) is 1. The third kappa shape index (κ3) is 2.39. The van der Waals surface area contributed by atoms with Crippen LogP contribution in [0.1, 0.15) is 44.1 Å². The molecule has 2 N–H and O–H groups in total. The van der Waals surface area contributed by atoms with Gasteiger partial charge in [-0.3, -0.25) is 14.5 Å². The van der Waals surface area contributed by atoms with Gasteiger partial charge in [0.05, 0.1) is 5.92 Å². The number of hydrogen-bond donors (Lipinski definition) is 2. The number of anilines is 1. The van der Waals surface area contributed by atoms with Crippen LogP contribution in [0.4, 0.5) is 5.69 Å². The summed E-state index contributed by atoms with van der Waals surface area (Å²) in [5.74, 6) is -0.341. The summed E-state index contributed by atoms with van der Waals surface area (Å²) in [6.07, 6.45) is 5.75. The van der Waals surface area contributed by atoms with Gasteiger partial charge < -0.3 is 15.4 Å². The molecule has 6 heteroatoms. The highest BCUT2D eigenvalue weighted by atomic mass is 16.5. The molecule has 3 fully saturated rings. The third-order valence-electron chi connectivity index (χ3n) is 7.12. The molecule has 6 nitrogen and oxygen atoms in total. The van der Waals surface area contributed by atoms with Gasteiger partial charge in [0.25, 0.3) is 0 Å². The zero-order valence-corrected chi connectivity index (χ0v) is 15.8. The van der Waals surface area contributed by atoms with Crippen LogP contribution in [0.2, 0.25) is 0 Å². The molecule has 5 rings (SSSR count). The predicted molar refractivity (Wildman–Crippen MR) is 101 cm³/mol. The van der Waals surface area contributed by atoms with Crippen molar-refractivity contribution in [2.75, 3.05) is 25.6 Å². The quantitative estimate of drug-likeness (QED) is 0.833. The number of benzene rings is 1. The predicted octanol–water partition coefficient (Wildman–Crippen LogP) is 2.00. The number of amides is 2. The molecule has 3 atom stereocenters. The Morgan fingerprint density at radius 2 is 2.19 bits per heavy atom. The lowest BCUT2D eigenvalue weighted by molar-refractivity contribution is -0.138. The molecule has 1 aromatic carbocycles. The summed E-state index contributed by atoms with van der Waals surface area (Å²) in [7, 11) is 1.69. The molecule has 3 heterocycles. The Bertz CT molecular complexity index is 791. The molecular weight excluding hydrogens is 342 g/mol. The van der Waals surface area contributed by atoms with Crippen molar-refractivity contribution in [2.45, 2.75) is 55.6 Å². The Hall–Kier alpha value is -1.92. The minimum atomic E-state index is -0.848. The van der Waals surface area contributed by atoms with Crippen LogP contribution in [0.5, 0.6) is 0 Å². The standard InChI is InChI=1S/C21H27N3O3/c1-27-12-10-20(8-9-20)23-18(25)16-13-14-5-4-11-24(14)21(16)15-6-2-3-7-17(15)22-19(21)26/h2-3,6-7,14,16H,4-5,8-13H2,1H3,(H,22,26)(H,23,25)/t14-,16-,21+/m1/s1. The maximum Gasteiger partial charge on any atom is 0.250 e. The van der Waals surface area contributed by atoms with Crippen molar-refractivity contribution in [1.29, 1.82) is 0 Å². The number of methoxy groups -OCH3 is 1. The largest absolute Gasteiger partial charge is 0.385 e. The molecule has 3 aliphatic heterocycles. The average Bonchev–Trinajstić information content (AvgIpc) is 3.02. The summed E-state index contributed by atoms with van der Waals surface area (Å²) in [5.41, 5.74) is 0.851. The molecule has 1 saturated carbocycles. The van der Waals surface area contributed by atoms with Gasteiger partial charge in [0.2, 0.25) is 11.8 Å². The van der Waals surface area contributed by atoms with Crippen molar-refractivity contribution in [1.82, 2.24) is 10.2 Å². The number of hydrogen-bond acceptors (Lipinski definition) is 4. The van der Waals surface area contributed by atoms with Gasteiger partial charge in [-0.2, -0.15) is 0 Å². The minimum absolute atomic E-state index is 0.0323. The summed E-state index contributed by atoms with van der Waals surface area (Å²) in [6.45, 7) is 1.53. The first-order valence-electron chi connectivity index (χ1n) is 10.1. The van der Waals surface area contributed by atoms with Crippen molar-refractivity contribution in [3.8, 4) is 0 Å². The summed E-state index contributed by atoms with van der Waals surface area (Å²) in [5, 5.41) is 6.37. The third-order valence-corrected chi connectivity index (χ3v) is 7.12. The van der Waals surface area contributed by atoms with E-state index in [1.165, 1.54) is 0 Å². The second-order valence-electron chi connectivity index (χ2n) is 8.56. The molecule has 144 valence electrons. The number of nitrogens with one attached hydrogen (secondary N) is 2. The first kappa shape index (κ1) is 17.2. The first-order valence-corrected chi connectivity index (χ1v) is 10.1. The monoisotopic (exact) mass is 369 g/mol. The van der Waals surface area contributed by atoms with Crippen LogP contribution in [0.25, 0.3) is 0 Å². The second-order valence-corrected chi connectivity index (χ2v) is 8.56. The Labute approximate surface area is 159 Å². The van der Waals surface area contributed by atoms with Crippen molar-refractivity contribution in [3.05, 3.63) is 29.8 Å². The van der Waals surface area contributed by atoms with E-state index in [-0.39, 0.29) is 23.3 Å². The second kappa shape index (κ2) is 6.04. The van der Waals surface area contributed by atoms with Crippen molar-refractivity contribution < 1.29 is 14.3 Å². The van der Waals surface area contributed by atoms with Gasteiger partial charge in [-0.25, -0.2) is 0 Å². The van der Waals surface area contributed by atoms with Gasteiger partial charge in [-0.05, 0) is 51.1 Å². The molecular formula is C21H27N3O3. The van der Waals surface area contributed by atoms with Crippen molar-refractivity contribution >= 4 is 17.5 Å². The summed E-state index contributed by atoms with van der Waals surface area (Å²) < 4.78 is 5.22. The smallest absolute Gasteiger partial charge is 0.250 e. The molecule has 1 aromatic rings. The highest BCUT2D eigenvalue weighted by Gasteiger charge is 2.65. The highest BCUT2D eigenvalue weighted by molar-refractivity contribution is 6.09. The molecule has 0 bridgehead atoms. The van der Waals surface area contributed by atoms with E-state index in [0.29, 0.717) is 12.6 Å². The van der Waals surface area contributed by atoms with Gasteiger partial charge in [0.15, 0.2) is 0 Å². The lowest BCUT2D eigenvalue weighted by Crippen LogP contribution is -2.55. The number of ether oxygens (including phenoxy) is 1. The molecule has 0 aromatic heterocycles. The topological polar surface area (TPSA) is 70.7 Å². The Morgan fingerprint density at radius 3 is 2.96 bits per heavy atom. The SMILES string of the molecule is COCCC1(NC(=O)[C@H]2C[C@H]3CCCN3[C@]23C(=O)Nc2ccccc23)CC1. The molecule has 27 heavy (non-hydrogen) atoms. The lowest BCUT2D eigenvalue weighted by Gasteiger charge is -2.37. The Kier molecular flexibility index (Phi) is 3.85. The van der Waals surface area contributed by atoms with E-state index in [1.807, 2.05) is 24.3 Å². The highest BCUT2D eigenvalue weighted by Crippen LogP contribution is 2.55. The van der Waals surface area contributed by atoms with Crippen molar-refractivity contribution in [3.63, 3.8) is 0 Å². The molecule has 1 spiro atoms. The fraction of sp³-hybridized carbons (Fsp3) is 0.619. The van der Waals surface area contributed by atoms with Crippen LogP contribution in [0.15, 0.2) is 24.3 Å². The van der Waals surface area contributed by atoms with E-state index in [2.05, 4.69) is 15.5 Å². The lowest BCUT2D eigenvalue weighted by atomic mass is 9.78. The maximum absolute atomic E-state index is 13.5. The molecule has 0 radical (unpaired) electrons. The fourth-order valence-electron chi connectivity index (χ4n) is 5.61. The number of fused-ring (bicyclic) bond motifs is 4. The van der Waals surface area contributed by atoms with Crippen LogP contribution < -0.4 is 10.6 Å². The molecule has 2 saturated heterocycles. The minimum Gasteiger partial charge on any atom is -0.385 e. The normalized spacial score (nSPS) is 33.0. The van der Waals surface area contributed by atoms with E-state index >= 15 is 0 Å². The van der Waals surface area contributed by atoms with Crippen LogP contribution in [-0.4, -0.2) is 48.6 Å². The van der Waals surface area contributed by atoms with E-state index in [4.69, 9.17) is 4.74 Å². The Balaban J connectivity index is 1.50. The summed E-state index contributed by atoms with van der Waals surface area (Å²) >= 11 is 0. The average molecular weight is 369 g/mol. The fourth-order valence-corrected chi connectivity index (χ4v) is 5.61. The van der Waals surface area contributed by atoms with Crippen LogP contribution >= 0.6 is 0 Å². The number of rotatable bonds is 5. The Morgan fingerprint density at radius 1 is 1.37 bits per heavy atom. The summed E-state index contributed by atoms with van der Waals surface area (Å²) in [4.78, 5) is 29.1. The van der Waals surface area contributed by atoms with Gasteiger partial charge >= 0.3 is 0 Å². The summed E-state index contributed by atoms with van der Waals surface area (Å²) in [6, 6.07) is 8.19. The zero-order chi connectivity index (χ0) is 18.6. The van der Waals surface area contributed by atoms with Crippen LogP contribution in [-0.2, 0) is 19.9 Å². The van der Waals surface area contributed by atoms with E-state index in [9.17, 15) is 9.59 Å². The molecule has 1 aliphatic carbocycles. The van der Waals surface area contributed by atoms with E-state index in [0.717, 1.165) is 56.3 Å². The van der Waals surface area contributed by atoms with Gasteiger partial charge in [0.1, 0.15) is 5.54 Å². The number of carbonyl (C=O) groups is 2. The van der Waals surface area contributed by atoms with E-state index in [1.54, 1.807) is 7.11 Å². The molecule has 2 amide bonds. The van der Waals surface area contributed by atoms with Crippen molar-refractivity contribution in [2.24, 2.45) is 5.92 Å². The van der Waals surface area contributed by atoms with Gasteiger partial charge in [-0.15, -0.1) is 0 Å². The zero-order valence-electron chi connectivity index (χ0n) is 15.8. The van der Waals surface area contributed by atoms with E-state index < -0.39 is 5.54 Å². The van der Waals surface area contributed by atoms with Gasteiger partial charge in [-0.1, -0.05) is 18.2 Å². The maximum atomic E-state index is 13.5.